The first-order chi connectivity index (χ1) is 21.3. The Bertz CT molecular complexity index is 1980. The van der Waals surface area contributed by atoms with Crippen molar-refractivity contribution in [2.45, 2.75) is 12.0 Å². The summed E-state index contributed by atoms with van der Waals surface area (Å²) in [7, 11) is 0. The first-order valence-corrected chi connectivity index (χ1v) is 14.5. The van der Waals surface area contributed by atoms with E-state index in [1.807, 2.05) is 48.5 Å². The quantitative estimate of drug-likeness (QED) is 0.214. The van der Waals surface area contributed by atoms with Crippen molar-refractivity contribution in [1.29, 1.82) is 0 Å². The van der Waals surface area contributed by atoms with E-state index in [9.17, 15) is 0 Å². The van der Waals surface area contributed by atoms with Crippen molar-refractivity contribution < 1.29 is 4.74 Å². The second kappa shape index (κ2) is 10.7. The normalized spacial score (nSPS) is 16.8. The van der Waals surface area contributed by atoms with Crippen molar-refractivity contribution >= 4 is 11.1 Å². The van der Waals surface area contributed by atoms with Gasteiger partial charge in [-0.15, -0.1) is 0 Å². The van der Waals surface area contributed by atoms with E-state index in [0.717, 1.165) is 44.7 Å². The fourth-order valence-electron chi connectivity index (χ4n) is 6.06. The molecule has 1 aliphatic heterocycles. The van der Waals surface area contributed by atoms with Crippen LogP contribution in [-0.4, -0.2) is 21.1 Å². The maximum Gasteiger partial charge on any atom is 0.164 e. The molecule has 4 heteroatoms. The third-order valence-electron chi connectivity index (χ3n) is 8.18. The summed E-state index contributed by atoms with van der Waals surface area (Å²) in [6, 6.07) is 47.7. The molecule has 0 radical (unpaired) electrons. The van der Waals surface area contributed by atoms with Crippen LogP contribution in [-0.2, 0) is 0 Å². The van der Waals surface area contributed by atoms with Gasteiger partial charge < -0.3 is 4.74 Å². The zero-order chi connectivity index (χ0) is 28.6. The highest BCUT2D eigenvalue weighted by Crippen LogP contribution is 2.51. The van der Waals surface area contributed by atoms with E-state index in [-0.39, 0.29) is 12.0 Å². The van der Waals surface area contributed by atoms with Gasteiger partial charge in [0.2, 0.25) is 0 Å². The Balaban J connectivity index is 1.28. The van der Waals surface area contributed by atoms with E-state index in [1.54, 1.807) is 0 Å². The molecular formula is C39H27N3O. The summed E-state index contributed by atoms with van der Waals surface area (Å²) >= 11 is 0. The zero-order valence-electron chi connectivity index (χ0n) is 23.3. The van der Waals surface area contributed by atoms with Gasteiger partial charge in [-0.05, 0) is 22.8 Å². The van der Waals surface area contributed by atoms with Gasteiger partial charge in [0, 0.05) is 27.8 Å². The van der Waals surface area contributed by atoms with Crippen molar-refractivity contribution in [3.8, 4) is 39.7 Å². The fourth-order valence-corrected chi connectivity index (χ4v) is 6.06. The molecule has 0 amide bonds. The molecule has 0 fully saturated rings. The first kappa shape index (κ1) is 25.1. The van der Waals surface area contributed by atoms with Gasteiger partial charge in [0.05, 0.1) is 5.92 Å². The predicted octanol–water partition coefficient (Wildman–Crippen LogP) is 8.90. The molecule has 0 N–H and O–H groups in total. The molecule has 43 heavy (non-hydrogen) atoms. The smallest absolute Gasteiger partial charge is 0.164 e. The minimum absolute atomic E-state index is 0.0456. The van der Waals surface area contributed by atoms with Crippen molar-refractivity contribution in [1.82, 2.24) is 15.0 Å². The summed E-state index contributed by atoms with van der Waals surface area (Å²) in [6.07, 6.45) is 4.16. The van der Waals surface area contributed by atoms with Gasteiger partial charge in [-0.25, -0.2) is 15.0 Å². The number of ether oxygens (including phenoxy) is 1. The van der Waals surface area contributed by atoms with Crippen molar-refractivity contribution in [3.63, 3.8) is 0 Å². The molecule has 0 saturated heterocycles. The maximum atomic E-state index is 6.63. The Morgan fingerprint density at radius 2 is 0.860 bits per heavy atom. The third-order valence-corrected chi connectivity index (χ3v) is 8.18. The van der Waals surface area contributed by atoms with E-state index in [2.05, 4.69) is 103 Å². The number of allylic oxidation sites excluding steroid dienone is 2. The van der Waals surface area contributed by atoms with Crippen LogP contribution in [0.1, 0.15) is 22.9 Å². The summed E-state index contributed by atoms with van der Waals surface area (Å²) in [6.45, 7) is 0. The molecule has 1 aromatic heterocycles. The number of hydrogen-bond donors (Lipinski definition) is 0. The van der Waals surface area contributed by atoms with E-state index < -0.39 is 0 Å². The molecular weight excluding hydrogens is 526 g/mol. The van der Waals surface area contributed by atoms with Crippen LogP contribution in [0.4, 0.5) is 0 Å². The van der Waals surface area contributed by atoms with E-state index in [0.29, 0.717) is 17.5 Å². The van der Waals surface area contributed by atoms with E-state index in [4.69, 9.17) is 19.7 Å². The second-order valence-electron chi connectivity index (χ2n) is 10.8. The van der Waals surface area contributed by atoms with Crippen LogP contribution < -0.4 is 4.74 Å². The maximum absolute atomic E-state index is 6.63. The van der Waals surface area contributed by atoms with Gasteiger partial charge in [-0.3, -0.25) is 0 Å². The monoisotopic (exact) mass is 553 g/mol. The van der Waals surface area contributed by atoms with Crippen molar-refractivity contribution in [2.75, 3.05) is 0 Å². The summed E-state index contributed by atoms with van der Waals surface area (Å²) in [5.74, 6) is 2.81. The van der Waals surface area contributed by atoms with Gasteiger partial charge in [-0.1, -0.05) is 146 Å². The highest BCUT2D eigenvalue weighted by atomic mass is 16.5. The van der Waals surface area contributed by atoms with E-state index >= 15 is 0 Å². The molecule has 2 atom stereocenters. The number of rotatable bonds is 5. The first-order valence-electron chi connectivity index (χ1n) is 14.5. The molecule has 2 aliphatic rings. The molecule has 5 aromatic carbocycles. The summed E-state index contributed by atoms with van der Waals surface area (Å²) < 4.78 is 6.63. The molecule has 4 nitrogen and oxygen atoms in total. The molecule has 0 saturated carbocycles. The lowest BCUT2D eigenvalue weighted by Crippen LogP contribution is -2.25. The summed E-state index contributed by atoms with van der Waals surface area (Å²) in [5, 5.41) is 0. The average molecular weight is 554 g/mol. The van der Waals surface area contributed by atoms with Gasteiger partial charge in [-0.2, -0.15) is 0 Å². The SMILES string of the molecule is C1=C(c2ccccc2)C2Oc3ccccc3C2C(c2nc(-c3ccccc3)nc(-c3ccc(-c4ccccc4)cc3)n2)=C1. The largest absolute Gasteiger partial charge is 0.484 e. The molecule has 2 heterocycles. The van der Waals surface area contributed by atoms with Gasteiger partial charge in [0.1, 0.15) is 11.9 Å². The summed E-state index contributed by atoms with van der Waals surface area (Å²) in [5.41, 5.74) is 8.70. The van der Waals surface area contributed by atoms with Crippen molar-refractivity contribution in [2.24, 2.45) is 0 Å². The van der Waals surface area contributed by atoms with Crippen LogP contribution in [0, 0.1) is 0 Å². The Kier molecular flexibility index (Phi) is 6.23. The Morgan fingerprint density at radius 1 is 0.395 bits per heavy atom. The average Bonchev–Trinajstić information content (AvgIpc) is 3.49. The van der Waals surface area contributed by atoms with Gasteiger partial charge in [0.25, 0.3) is 0 Å². The molecule has 1 aliphatic carbocycles. The van der Waals surface area contributed by atoms with Crippen molar-refractivity contribution in [3.05, 3.63) is 169 Å². The zero-order valence-corrected chi connectivity index (χ0v) is 23.3. The lowest BCUT2D eigenvalue weighted by atomic mass is 9.79. The Labute approximate surface area is 250 Å². The second-order valence-corrected chi connectivity index (χ2v) is 10.8. The molecule has 0 spiro atoms. The minimum atomic E-state index is -0.176. The fraction of sp³-hybridized carbons (Fsp3) is 0.0513. The molecule has 0 bridgehead atoms. The van der Waals surface area contributed by atoms with Gasteiger partial charge >= 0.3 is 0 Å². The standard InChI is InChI=1S/C39H27N3O/c1-4-12-26(13-5-1)27-20-22-30(23-21-27)38-40-37(29-16-8-3-9-17-29)41-39(42-38)33-25-24-31(28-14-6-2-7-15-28)36-35(33)32-18-10-11-19-34(32)43-36/h1-25,35-36H. The van der Waals surface area contributed by atoms with Crippen LogP contribution in [0.25, 0.3) is 45.0 Å². The Morgan fingerprint density at radius 3 is 1.53 bits per heavy atom. The lowest BCUT2D eigenvalue weighted by molar-refractivity contribution is 0.281. The van der Waals surface area contributed by atoms with Crippen LogP contribution in [0.3, 0.4) is 0 Å². The number of benzene rings is 5. The summed E-state index contributed by atoms with van der Waals surface area (Å²) in [4.78, 5) is 15.2. The van der Waals surface area contributed by atoms with Crippen LogP contribution in [0.5, 0.6) is 5.75 Å². The number of aromatic nitrogens is 3. The molecule has 6 aromatic rings. The highest BCUT2D eigenvalue weighted by Gasteiger charge is 2.42. The number of fused-ring (bicyclic) bond motifs is 3. The van der Waals surface area contributed by atoms with Gasteiger partial charge in [0.15, 0.2) is 17.5 Å². The lowest BCUT2D eigenvalue weighted by Gasteiger charge is -2.27. The molecule has 204 valence electrons. The van der Waals surface area contributed by atoms with E-state index in [1.165, 1.54) is 5.56 Å². The molecule has 8 rings (SSSR count). The van der Waals surface area contributed by atoms with Crippen LogP contribution in [0.2, 0.25) is 0 Å². The van der Waals surface area contributed by atoms with Crippen LogP contribution >= 0.6 is 0 Å². The highest BCUT2D eigenvalue weighted by molar-refractivity contribution is 5.86. The number of hydrogen-bond acceptors (Lipinski definition) is 4. The topological polar surface area (TPSA) is 47.9 Å². The number of nitrogens with zero attached hydrogens (tertiary/aromatic N) is 3. The third kappa shape index (κ3) is 4.63. The molecule has 2 unspecified atom stereocenters. The number of para-hydroxylation sites is 1. The Hall–Kier alpha value is -5.61. The van der Waals surface area contributed by atoms with Crippen LogP contribution in [0.15, 0.2) is 152 Å². The predicted molar refractivity (Wildman–Crippen MR) is 172 cm³/mol. The minimum Gasteiger partial charge on any atom is -0.484 e.